The molecule has 0 heterocycles. The molecule has 0 spiro atoms. The van der Waals surface area contributed by atoms with Gasteiger partial charge in [-0.3, -0.25) is 0 Å². The zero-order valence-corrected chi connectivity index (χ0v) is 11.2. The molecule has 1 aliphatic carbocycles. The van der Waals surface area contributed by atoms with Crippen molar-refractivity contribution in [3.8, 4) is 0 Å². The number of hydrogen-bond donors (Lipinski definition) is 0. The number of alkyl halides is 2. The molecule has 0 aromatic heterocycles. The van der Waals surface area contributed by atoms with Gasteiger partial charge < -0.3 is 0 Å². The summed E-state index contributed by atoms with van der Waals surface area (Å²) in [6, 6.07) is 2.07. The Morgan fingerprint density at radius 3 is 2.38 bits per heavy atom. The number of allylic oxidation sites excluding steroid dienone is 4. The standard InChI is InChI=1S/C14H10BF6/c1-6-3-4-7(16)9(11(6)18)15-10-8(17)5-14(2,21)13(20)12(10)19/h3-5,13H,1-2H3. The van der Waals surface area contributed by atoms with Gasteiger partial charge in [0, 0.05) is 0 Å². The van der Waals surface area contributed by atoms with Crippen LogP contribution in [0.25, 0.3) is 0 Å². The lowest BCUT2D eigenvalue weighted by Crippen LogP contribution is -2.36. The summed E-state index contributed by atoms with van der Waals surface area (Å²) in [4.78, 5) is 0. The van der Waals surface area contributed by atoms with Crippen molar-refractivity contribution in [3.05, 3.63) is 52.5 Å². The SMILES string of the molecule is Cc1ccc(F)c([B]C2=C(F)C(F)C(C)(F)C=C2F)c1F. The molecule has 1 aromatic rings. The van der Waals surface area contributed by atoms with Crippen LogP contribution in [-0.2, 0) is 0 Å². The van der Waals surface area contributed by atoms with Crippen molar-refractivity contribution in [2.24, 2.45) is 0 Å². The molecule has 0 saturated heterocycles. The summed E-state index contributed by atoms with van der Waals surface area (Å²) < 4.78 is 81.9. The van der Waals surface area contributed by atoms with Crippen LogP contribution in [0.2, 0.25) is 0 Å². The van der Waals surface area contributed by atoms with E-state index in [1.165, 1.54) is 6.92 Å². The first-order valence-electron chi connectivity index (χ1n) is 6.06. The van der Waals surface area contributed by atoms with E-state index in [-0.39, 0.29) is 11.6 Å². The minimum absolute atomic E-state index is 0.0518. The van der Waals surface area contributed by atoms with Gasteiger partial charge in [0.1, 0.15) is 23.3 Å². The summed E-state index contributed by atoms with van der Waals surface area (Å²) in [5.41, 5.74) is -4.51. The second-order valence-electron chi connectivity index (χ2n) is 5.00. The molecule has 0 saturated carbocycles. The maximum absolute atomic E-state index is 13.8. The molecule has 1 radical (unpaired) electrons. The van der Waals surface area contributed by atoms with Crippen LogP contribution >= 0.6 is 0 Å². The van der Waals surface area contributed by atoms with Crippen LogP contribution in [-0.4, -0.2) is 19.1 Å². The molecule has 1 aliphatic rings. The summed E-state index contributed by atoms with van der Waals surface area (Å²) in [6.07, 6.45) is -2.49. The predicted molar refractivity (Wildman–Crippen MR) is 68.2 cm³/mol. The Balaban J connectivity index is 2.48. The number of benzene rings is 1. The molecule has 2 rings (SSSR count). The molecular formula is C14H10BF6. The maximum atomic E-state index is 13.8. The molecule has 0 aliphatic heterocycles. The summed E-state index contributed by atoms with van der Waals surface area (Å²) >= 11 is 0. The quantitative estimate of drug-likeness (QED) is 0.577. The second kappa shape index (κ2) is 5.28. The Morgan fingerprint density at radius 1 is 1.14 bits per heavy atom. The lowest BCUT2D eigenvalue weighted by atomic mass is 9.60. The molecular weight excluding hydrogens is 293 g/mol. The highest BCUT2D eigenvalue weighted by atomic mass is 19.2. The van der Waals surface area contributed by atoms with E-state index in [1.807, 2.05) is 0 Å². The van der Waals surface area contributed by atoms with E-state index in [9.17, 15) is 26.3 Å². The first-order valence-corrected chi connectivity index (χ1v) is 6.06. The van der Waals surface area contributed by atoms with Crippen LogP contribution in [0.15, 0.2) is 35.3 Å². The Hall–Kier alpha value is -1.66. The van der Waals surface area contributed by atoms with E-state index < -0.39 is 46.1 Å². The van der Waals surface area contributed by atoms with Crippen molar-refractivity contribution < 1.29 is 26.3 Å². The second-order valence-corrected chi connectivity index (χ2v) is 5.00. The highest BCUT2D eigenvalue weighted by Crippen LogP contribution is 2.37. The van der Waals surface area contributed by atoms with E-state index in [2.05, 4.69) is 0 Å². The third-order valence-corrected chi connectivity index (χ3v) is 3.25. The van der Waals surface area contributed by atoms with Crippen molar-refractivity contribution in [2.75, 3.05) is 0 Å². The van der Waals surface area contributed by atoms with Crippen LogP contribution < -0.4 is 5.46 Å². The van der Waals surface area contributed by atoms with E-state index in [0.29, 0.717) is 14.2 Å². The summed E-state index contributed by atoms with van der Waals surface area (Å²) in [5, 5.41) is 0. The molecule has 0 amide bonds. The molecule has 111 valence electrons. The Bertz CT molecular complexity index is 647. The molecule has 21 heavy (non-hydrogen) atoms. The van der Waals surface area contributed by atoms with Crippen molar-refractivity contribution in [3.63, 3.8) is 0 Å². The lowest BCUT2D eigenvalue weighted by molar-refractivity contribution is 0.114. The van der Waals surface area contributed by atoms with Gasteiger partial charge in [-0.05, 0) is 42.5 Å². The van der Waals surface area contributed by atoms with Crippen LogP contribution in [0, 0.1) is 18.6 Å². The first kappa shape index (κ1) is 15.7. The van der Waals surface area contributed by atoms with Crippen molar-refractivity contribution in [1.29, 1.82) is 0 Å². The van der Waals surface area contributed by atoms with Gasteiger partial charge in [0.25, 0.3) is 0 Å². The van der Waals surface area contributed by atoms with Crippen molar-refractivity contribution >= 4 is 12.7 Å². The van der Waals surface area contributed by atoms with Crippen LogP contribution in [0.4, 0.5) is 26.3 Å². The smallest absolute Gasteiger partial charge is 0.206 e. The van der Waals surface area contributed by atoms with Gasteiger partial charge in [-0.25, -0.2) is 26.3 Å². The van der Waals surface area contributed by atoms with Gasteiger partial charge in [-0.2, -0.15) is 0 Å². The molecule has 0 N–H and O–H groups in total. The first-order chi connectivity index (χ1) is 9.65. The van der Waals surface area contributed by atoms with Gasteiger partial charge >= 0.3 is 0 Å². The van der Waals surface area contributed by atoms with Crippen LogP contribution in [0.5, 0.6) is 0 Å². The third kappa shape index (κ3) is 2.73. The molecule has 0 fully saturated rings. The highest BCUT2D eigenvalue weighted by Gasteiger charge is 2.42. The van der Waals surface area contributed by atoms with E-state index in [0.717, 1.165) is 12.1 Å². The average molecular weight is 303 g/mol. The molecule has 0 bridgehead atoms. The van der Waals surface area contributed by atoms with Gasteiger partial charge in [0.15, 0.2) is 11.8 Å². The van der Waals surface area contributed by atoms with Crippen molar-refractivity contribution in [1.82, 2.24) is 0 Å². The summed E-state index contributed by atoms with van der Waals surface area (Å²) in [6.45, 7) is 2.00. The van der Waals surface area contributed by atoms with Gasteiger partial charge in [-0.15, -0.1) is 0 Å². The van der Waals surface area contributed by atoms with Crippen LogP contribution in [0.1, 0.15) is 12.5 Å². The highest BCUT2D eigenvalue weighted by molar-refractivity contribution is 6.62. The Labute approximate surface area is 118 Å². The maximum Gasteiger partial charge on any atom is 0.206 e. The monoisotopic (exact) mass is 303 g/mol. The fourth-order valence-electron chi connectivity index (χ4n) is 1.99. The van der Waals surface area contributed by atoms with E-state index in [1.54, 1.807) is 0 Å². The normalized spacial score (nSPS) is 25.9. The van der Waals surface area contributed by atoms with Crippen LogP contribution in [0.3, 0.4) is 0 Å². The fourth-order valence-corrected chi connectivity index (χ4v) is 1.99. The summed E-state index contributed by atoms with van der Waals surface area (Å²) in [7, 11) is 0.501. The summed E-state index contributed by atoms with van der Waals surface area (Å²) in [5.74, 6) is -5.23. The Morgan fingerprint density at radius 2 is 1.76 bits per heavy atom. The number of hydrogen-bond acceptors (Lipinski definition) is 0. The van der Waals surface area contributed by atoms with Gasteiger partial charge in [-0.1, -0.05) is 6.07 Å². The predicted octanol–water partition coefficient (Wildman–Crippen LogP) is 3.72. The number of aryl methyl sites for hydroxylation is 1. The zero-order valence-electron chi connectivity index (χ0n) is 11.2. The third-order valence-electron chi connectivity index (χ3n) is 3.25. The van der Waals surface area contributed by atoms with E-state index >= 15 is 0 Å². The molecule has 2 atom stereocenters. The minimum Gasteiger partial charge on any atom is -0.236 e. The fraction of sp³-hybridized carbons (Fsp3) is 0.286. The molecule has 7 heteroatoms. The topological polar surface area (TPSA) is 0 Å². The average Bonchev–Trinajstić information content (AvgIpc) is 2.39. The lowest BCUT2D eigenvalue weighted by Gasteiger charge is -2.26. The Kier molecular flexibility index (Phi) is 3.95. The molecule has 2 unspecified atom stereocenters. The number of rotatable bonds is 2. The zero-order chi connectivity index (χ0) is 15.9. The minimum atomic E-state index is -2.85. The largest absolute Gasteiger partial charge is 0.236 e. The van der Waals surface area contributed by atoms with Crippen molar-refractivity contribution in [2.45, 2.75) is 25.7 Å². The number of halogens is 6. The van der Waals surface area contributed by atoms with Gasteiger partial charge in [0.2, 0.25) is 7.28 Å². The molecule has 0 nitrogen and oxygen atoms in total. The van der Waals surface area contributed by atoms with E-state index in [4.69, 9.17) is 0 Å². The molecule has 1 aromatic carbocycles. The van der Waals surface area contributed by atoms with Gasteiger partial charge in [0.05, 0.1) is 0 Å².